The highest BCUT2D eigenvalue weighted by molar-refractivity contribution is 8.00. The topological polar surface area (TPSA) is 94.6 Å². The Morgan fingerprint density at radius 2 is 1.70 bits per heavy atom. The van der Waals surface area contributed by atoms with E-state index < -0.39 is 5.25 Å². The number of aromatic amines is 1. The second-order valence-corrected chi connectivity index (χ2v) is 7.45. The fraction of sp³-hybridized carbons (Fsp3) is 0.444. The summed E-state index contributed by atoms with van der Waals surface area (Å²) in [7, 11) is 4.65. The third kappa shape index (κ3) is 3.39. The highest BCUT2D eigenvalue weighted by Crippen LogP contribution is 2.47. The fourth-order valence-electron chi connectivity index (χ4n) is 3.13. The highest BCUT2D eigenvalue weighted by Gasteiger charge is 2.33. The van der Waals surface area contributed by atoms with Crippen LogP contribution in [-0.2, 0) is 4.79 Å². The van der Waals surface area contributed by atoms with Crippen LogP contribution in [0, 0.1) is 0 Å². The lowest BCUT2D eigenvalue weighted by Crippen LogP contribution is -2.17. The Balaban J connectivity index is 2.24. The van der Waals surface area contributed by atoms with Gasteiger partial charge in [-0.05, 0) is 19.9 Å². The first-order valence-corrected chi connectivity index (χ1v) is 9.51. The van der Waals surface area contributed by atoms with Crippen LogP contribution in [0.4, 0.5) is 5.82 Å². The van der Waals surface area contributed by atoms with E-state index in [4.69, 9.17) is 14.2 Å². The van der Waals surface area contributed by atoms with Crippen LogP contribution in [0.25, 0.3) is 0 Å². The first-order chi connectivity index (χ1) is 12.9. The average Bonchev–Trinajstić information content (AvgIpc) is 2.87. The summed E-state index contributed by atoms with van der Waals surface area (Å²) >= 11 is 1.37. The summed E-state index contributed by atoms with van der Waals surface area (Å²) in [5.74, 6) is 2.16. The molecule has 146 valence electrons. The standard InChI is InChI=1S/C18H23N3O5S/c1-9(2)21-17-15(18(23)20-21)16(27-8-14(22)19-17)10-6-12(25-4)13(26-5)7-11(10)24-3/h6-7,9,16H,8H2,1-5H3,(H,19,22)(H,20,23). The number of carbonyl (C=O) groups is 1. The van der Waals surface area contributed by atoms with Gasteiger partial charge in [0.1, 0.15) is 11.6 Å². The van der Waals surface area contributed by atoms with E-state index in [0.717, 1.165) is 5.56 Å². The molecule has 0 saturated heterocycles. The smallest absolute Gasteiger partial charge is 0.270 e. The van der Waals surface area contributed by atoms with Gasteiger partial charge in [0.2, 0.25) is 5.91 Å². The van der Waals surface area contributed by atoms with Crippen molar-refractivity contribution >= 4 is 23.5 Å². The Kier molecular flexibility index (Phi) is 5.41. The van der Waals surface area contributed by atoms with Crippen LogP contribution in [0.2, 0.25) is 0 Å². The first kappa shape index (κ1) is 19.2. The number of rotatable bonds is 5. The maximum Gasteiger partial charge on any atom is 0.270 e. The molecule has 0 saturated carbocycles. The number of thioether (sulfide) groups is 1. The van der Waals surface area contributed by atoms with E-state index in [0.29, 0.717) is 28.6 Å². The minimum atomic E-state index is -0.405. The zero-order valence-electron chi connectivity index (χ0n) is 15.9. The quantitative estimate of drug-likeness (QED) is 0.811. The van der Waals surface area contributed by atoms with Crippen LogP contribution in [0.1, 0.15) is 36.3 Å². The molecule has 8 nitrogen and oxygen atoms in total. The average molecular weight is 393 g/mol. The van der Waals surface area contributed by atoms with Gasteiger partial charge >= 0.3 is 0 Å². The number of amides is 1. The zero-order chi connectivity index (χ0) is 19.7. The van der Waals surface area contributed by atoms with Gasteiger partial charge in [0, 0.05) is 17.7 Å². The number of aromatic nitrogens is 2. The molecule has 1 aliphatic heterocycles. The van der Waals surface area contributed by atoms with E-state index in [1.807, 2.05) is 13.8 Å². The van der Waals surface area contributed by atoms with E-state index in [2.05, 4.69) is 10.4 Å². The van der Waals surface area contributed by atoms with Gasteiger partial charge < -0.3 is 19.5 Å². The summed E-state index contributed by atoms with van der Waals surface area (Å²) in [6.07, 6.45) is 0. The lowest BCUT2D eigenvalue weighted by Gasteiger charge is -2.20. The molecule has 2 N–H and O–H groups in total. The maximum atomic E-state index is 12.8. The van der Waals surface area contributed by atoms with Crippen molar-refractivity contribution in [2.24, 2.45) is 0 Å². The van der Waals surface area contributed by atoms with Gasteiger partial charge in [-0.25, -0.2) is 0 Å². The molecule has 27 heavy (non-hydrogen) atoms. The molecule has 3 rings (SSSR count). The van der Waals surface area contributed by atoms with Gasteiger partial charge in [-0.3, -0.25) is 19.4 Å². The van der Waals surface area contributed by atoms with E-state index in [1.54, 1.807) is 38.1 Å². The Morgan fingerprint density at radius 3 is 2.30 bits per heavy atom. The number of hydrogen-bond donors (Lipinski definition) is 2. The van der Waals surface area contributed by atoms with Crippen LogP contribution < -0.4 is 25.1 Å². The van der Waals surface area contributed by atoms with Gasteiger partial charge in [0.05, 0.1) is 37.9 Å². The molecule has 2 heterocycles. The maximum absolute atomic E-state index is 12.8. The molecule has 2 aromatic rings. The monoisotopic (exact) mass is 393 g/mol. The van der Waals surface area contributed by atoms with Crippen molar-refractivity contribution < 1.29 is 19.0 Å². The van der Waals surface area contributed by atoms with Crippen molar-refractivity contribution in [2.75, 3.05) is 32.4 Å². The van der Waals surface area contributed by atoms with Crippen LogP contribution in [0.5, 0.6) is 17.2 Å². The normalized spacial score (nSPS) is 16.5. The molecular formula is C18H23N3O5S. The Hall–Kier alpha value is -2.55. The van der Waals surface area contributed by atoms with Crippen molar-refractivity contribution in [3.63, 3.8) is 0 Å². The van der Waals surface area contributed by atoms with Gasteiger partial charge in [-0.2, -0.15) is 0 Å². The number of anilines is 1. The largest absolute Gasteiger partial charge is 0.496 e. The number of hydrogen-bond acceptors (Lipinski definition) is 6. The molecule has 1 aromatic heterocycles. The van der Waals surface area contributed by atoms with Crippen molar-refractivity contribution in [3.05, 3.63) is 33.6 Å². The predicted octanol–water partition coefficient (Wildman–Crippen LogP) is 2.56. The Bertz CT molecular complexity index is 918. The van der Waals surface area contributed by atoms with Crippen LogP contribution in [0.15, 0.2) is 16.9 Å². The summed E-state index contributed by atoms with van der Waals surface area (Å²) in [6, 6.07) is 3.50. The number of carbonyl (C=O) groups excluding carboxylic acids is 1. The van der Waals surface area contributed by atoms with Crippen LogP contribution >= 0.6 is 11.8 Å². The van der Waals surface area contributed by atoms with Gasteiger partial charge in [0.15, 0.2) is 11.5 Å². The summed E-state index contributed by atoms with van der Waals surface area (Å²) in [5, 5.41) is 5.28. The molecule has 1 aliphatic rings. The third-order valence-electron chi connectivity index (χ3n) is 4.40. The lowest BCUT2D eigenvalue weighted by atomic mass is 10.0. The third-order valence-corrected chi connectivity index (χ3v) is 5.65. The van der Waals surface area contributed by atoms with Gasteiger partial charge in [0.25, 0.3) is 5.56 Å². The molecule has 1 aromatic carbocycles. The molecule has 1 amide bonds. The zero-order valence-corrected chi connectivity index (χ0v) is 16.7. The minimum absolute atomic E-state index is 0.0159. The number of H-pyrrole nitrogens is 1. The number of ether oxygens (including phenoxy) is 3. The van der Waals surface area contributed by atoms with Gasteiger partial charge in [-0.15, -0.1) is 11.8 Å². The Labute approximate surface area is 161 Å². The fourth-order valence-corrected chi connectivity index (χ4v) is 4.27. The number of fused-ring (bicyclic) bond motifs is 1. The molecule has 0 spiro atoms. The molecule has 9 heteroatoms. The Morgan fingerprint density at radius 1 is 1.07 bits per heavy atom. The SMILES string of the molecule is COc1cc(OC)c(C2SCC(=O)Nc3c2c(=O)[nH]n3C(C)C)cc1OC. The number of nitrogens with zero attached hydrogens (tertiary/aromatic N) is 1. The first-order valence-electron chi connectivity index (χ1n) is 8.47. The lowest BCUT2D eigenvalue weighted by molar-refractivity contribution is -0.113. The van der Waals surface area contributed by atoms with E-state index in [9.17, 15) is 9.59 Å². The van der Waals surface area contributed by atoms with E-state index in [1.165, 1.54) is 11.8 Å². The van der Waals surface area contributed by atoms with Crippen molar-refractivity contribution in [1.29, 1.82) is 0 Å². The summed E-state index contributed by atoms with van der Waals surface area (Å²) < 4.78 is 18.0. The van der Waals surface area contributed by atoms with Crippen molar-refractivity contribution in [2.45, 2.75) is 25.1 Å². The summed E-state index contributed by atoms with van der Waals surface area (Å²) in [4.78, 5) is 25.0. The molecular weight excluding hydrogens is 370 g/mol. The number of methoxy groups -OCH3 is 3. The van der Waals surface area contributed by atoms with E-state index in [-0.39, 0.29) is 23.3 Å². The second kappa shape index (κ2) is 7.59. The van der Waals surface area contributed by atoms with Crippen LogP contribution in [-0.4, -0.2) is 42.8 Å². The molecule has 1 unspecified atom stereocenters. The summed E-state index contributed by atoms with van der Waals surface area (Å²) in [5.41, 5.74) is 0.991. The molecule has 0 fully saturated rings. The van der Waals surface area contributed by atoms with E-state index >= 15 is 0 Å². The van der Waals surface area contributed by atoms with Crippen molar-refractivity contribution in [1.82, 2.24) is 9.78 Å². The predicted molar refractivity (Wildman–Crippen MR) is 104 cm³/mol. The molecule has 0 aliphatic carbocycles. The van der Waals surface area contributed by atoms with Crippen LogP contribution in [0.3, 0.4) is 0 Å². The molecule has 1 atom stereocenters. The number of benzene rings is 1. The minimum Gasteiger partial charge on any atom is -0.496 e. The number of nitrogens with one attached hydrogen (secondary N) is 2. The van der Waals surface area contributed by atoms with Crippen molar-refractivity contribution in [3.8, 4) is 17.2 Å². The van der Waals surface area contributed by atoms with Gasteiger partial charge in [-0.1, -0.05) is 0 Å². The highest BCUT2D eigenvalue weighted by atomic mass is 32.2. The summed E-state index contributed by atoms with van der Waals surface area (Å²) in [6.45, 7) is 3.87. The molecule has 0 radical (unpaired) electrons. The molecule has 0 bridgehead atoms. The second-order valence-electron chi connectivity index (χ2n) is 6.36.